The Morgan fingerprint density at radius 2 is 1.75 bits per heavy atom. The van der Waals surface area contributed by atoms with Crippen molar-refractivity contribution in [3.63, 3.8) is 0 Å². The fraction of sp³-hybridized carbons (Fsp3) is 0.294. The number of ether oxygens (including phenoxy) is 1. The number of nitrogens with two attached hydrogens (primary N) is 1. The number of nitrogens with one attached hydrogen (secondary N) is 1. The van der Waals surface area contributed by atoms with Gasteiger partial charge in [0.15, 0.2) is 0 Å². The summed E-state index contributed by atoms with van der Waals surface area (Å²) in [5, 5.41) is 3.40. The molecular formula is C17H22N2O. The van der Waals surface area contributed by atoms with Crippen molar-refractivity contribution in [1.82, 2.24) is 0 Å². The summed E-state index contributed by atoms with van der Waals surface area (Å²) >= 11 is 0. The van der Waals surface area contributed by atoms with E-state index in [2.05, 4.69) is 31.3 Å². The number of anilines is 3. The molecule has 0 amide bonds. The van der Waals surface area contributed by atoms with Gasteiger partial charge in [-0.15, -0.1) is 0 Å². The molecule has 0 fully saturated rings. The summed E-state index contributed by atoms with van der Waals surface area (Å²) in [6.07, 6.45) is 1.95. The van der Waals surface area contributed by atoms with Crippen LogP contribution in [0.3, 0.4) is 0 Å². The number of rotatable bonds is 6. The molecule has 3 N–H and O–H groups in total. The lowest BCUT2D eigenvalue weighted by Crippen LogP contribution is -2.03. The van der Waals surface area contributed by atoms with Crippen molar-refractivity contribution in [2.24, 2.45) is 0 Å². The van der Waals surface area contributed by atoms with Gasteiger partial charge in [0, 0.05) is 5.69 Å². The molecule has 3 heteroatoms. The molecule has 0 aliphatic heterocycles. The van der Waals surface area contributed by atoms with Crippen LogP contribution < -0.4 is 15.8 Å². The van der Waals surface area contributed by atoms with Crippen LogP contribution in [0, 0.1) is 0 Å². The van der Waals surface area contributed by atoms with Crippen LogP contribution in [0.25, 0.3) is 0 Å². The second-order valence-corrected chi connectivity index (χ2v) is 4.70. The Morgan fingerprint density at radius 3 is 2.50 bits per heavy atom. The second-order valence-electron chi connectivity index (χ2n) is 4.70. The highest BCUT2D eigenvalue weighted by molar-refractivity contribution is 5.78. The number of nitrogen functional groups attached to an aromatic ring is 1. The van der Waals surface area contributed by atoms with Crippen LogP contribution >= 0.6 is 0 Å². The lowest BCUT2D eigenvalue weighted by Gasteiger charge is -2.15. The summed E-state index contributed by atoms with van der Waals surface area (Å²) < 4.78 is 5.66. The van der Waals surface area contributed by atoms with E-state index in [0.717, 1.165) is 30.0 Å². The molecule has 0 aliphatic rings. The van der Waals surface area contributed by atoms with E-state index >= 15 is 0 Å². The molecule has 106 valence electrons. The first-order valence-electron chi connectivity index (χ1n) is 7.12. The van der Waals surface area contributed by atoms with E-state index in [9.17, 15) is 0 Å². The lowest BCUT2D eigenvalue weighted by atomic mass is 10.1. The average molecular weight is 270 g/mol. The zero-order chi connectivity index (χ0) is 14.4. The van der Waals surface area contributed by atoms with Crippen LogP contribution in [-0.2, 0) is 6.42 Å². The SMILES string of the molecule is CCCOc1cccc(Nc2ccccc2CC)c1N. The summed E-state index contributed by atoms with van der Waals surface area (Å²) in [5.74, 6) is 0.742. The molecule has 0 aliphatic carbocycles. The molecule has 0 heterocycles. The topological polar surface area (TPSA) is 47.3 Å². The van der Waals surface area contributed by atoms with Crippen molar-refractivity contribution in [2.75, 3.05) is 17.7 Å². The minimum absolute atomic E-state index is 0.659. The van der Waals surface area contributed by atoms with Crippen molar-refractivity contribution in [2.45, 2.75) is 26.7 Å². The third kappa shape index (κ3) is 3.23. The third-order valence-corrected chi connectivity index (χ3v) is 3.20. The van der Waals surface area contributed by atoms with Gasteiger partial charge in [0.25, 0.3) is 0 Å². The largest absolute Gasteiger partial charge is 0.491 e. The molecule has 0 aromatic heterocycles. The molecule has 0 bridgehead atoms. The van der Waals surface area contributed by atoms with Crippen LogP contribution in [0.2, 0.25) is 0 Å². The first-order valence-corrected chi connectivity index (χ1v) is 7.12. The monoisotopic (exact) mass is 270 g/mol. The van der Waals surface area contributed by atoms with Crippen LogP contribution in [0.5, 0.6) is 5.75 Å². The second kappa shape index (κ2) is 6.85. The number of hydrogen-bond acceptors (Lipinski definition) is 3. The smallest absolute Gasteiger partial charge is 0.144 e. The Kier molecular flexibility index (Phi) is 4.88. The minimum atomic E-state index is 0.659. The molecule has 0 atom stereocenters. The molecule has 0 saturated carbocycles. The predicted octanol–water partition coefficient (Wildman–Crippen LogP) is 4.36. The van der Waals surface area contributed by atoms with Crippen molar-refractivity contribution < 1.29 is 4.74 Å². The number of hydrogen-bond donors (Lipinski definition) is 2. The van der Waals surface area contributed by atoms with Crippen molar-refractivity contribution in [1.29, 1.82) is 0 Å². The fourth-order valence-electron chi connectivity index (χ4n) is 2.09. The molecule has 0 unspecified atom stereocenters. The molecule has 0 spiro atoms. The van der Waals surface area contributed by atoms with Crippen LogP contribution in [-0.4, -0.2) is 6.61 Å². The van der Waals surface area contributed by atoms with Crippen LogP contribution in [0.1, 0.15) is 25.8 Å². The van der Waals surface area contributed by atoms with Gasteiger partial charge in [-0.25, -0.2) is 0 Å². The molecule has 20 heavy (non-hydrogen) atoms. The van der Waals surface area contributed by atoms with E-state index in [0.29, 0.717) is 12.3 Å². The van der Waals surface area contributed by atoms with Gasteiger partial charge in [0.1, 0.15) is 5.75 Å². The van der Waals surface area contributed by atoms with Gasteiger partial charge < -0.3 is 15.8 Å². The van der Waals surface area contributed by atoms with E-state index in [4.69, 9.17) is 10.5 Å². The Morgan fingerprint density at radius 1 is 1.00 bits per heavy atom. The summed E-state index contributed by atoms with van der Waals surface area (Å²) in [6, 6.07) is 14.1. The number of para-hydroxylation sites is 2. The molecule has 2 aromatic rings. The van der Waals surface area contributed by atoms with Gasteiger partial charge in [0.2, 0.25) is 0 Å². The maximum atomic E-state index is 6.18. The Labute approximate surface area is 120 Å². The minimum Gasteiger partial charge on any atom is -0.491 e. The fourth-order valence-corrected chi connectivity index (χ4v) is 2.09. The zero-order valence-electron chi connectivity index (χ0n) is 12.1. The normalized spacial score (nSPS) is 10.3. The molecule has 2 rings (SSSR count). The average Bonchev–Trinajstić information content (AvgIpc) is 2.48. The van der Waals surface area contributed by atoms with E-state index in [1.54, 1.807) is 0 Å². The summed E-state index contributed by atoms with van der Waals surface area (Å²) in [7, 11) is 0. The van der Waals surface area contributed by atoms with Crippen molar-refractivity contribution >= 4 is 17.1 Å². The number of aryl methyl sites for hydroxylation is 1. The maximum absolute atomic E-state index is 6.18. The molecule has 0 saturated heterocycles. The maximum Gasteiger partial charge on any atom is 0.144 e. The van der Waals surface area contributed by atoms with Gasteiger partial charge in [-0.1, -0.05) is 38.1 Å². The van der Waals surface area contributed by atoms with E-state index in [-0.39, 0.29) is 0 Å². The van der Waals surface area contributed by atoms with E-state index in [1.165, 1.54) is 5.56 Å². The third-order valence-electron chi connectivity index (χ3n) is 3.20. The van der Waals surface area contributed by atoms with Gasteiger partial charge in [0.05, 0.1) is 18.0 Å². The van der Waals surface area contributed by atoms with E-state index in [1.807, 2.05) is 30.3 Å². The molecular weight excluding hydrogens is 248 g/mol. The first-order chi connectivity index (χ1) is 9.76. The van der Waals surface area contributed by atoms with Gasteiger partial charge in [-0.2, -0.15) is 0 Å². The van der Waals surface area contributed by atoms with Crippen molar-refractivity contribution in [3.8, 4) is 5.75 Å². The highest BCUT2D eigenvalue weighted by Crippen LogP contribution is 2.32. The molecule has 2 aromatic carbocycles. The highest BCUT2D eigenvalue weighted by atomic mass is 16.5. The van der Waals surface area contributed by atoms with Crippen LogP contribution in [0.4, 0.5) is 17.1 Å². The summed E-state index contributed by atoms with van der Waals surface area (Å²) in [6.45, 7) is 4.90. The Bertz CT molecular complexity index is 567. The zero-order valence-corrected chi connectivity index (χ0v) is 12.1. The Hall–Kier alpha value is -2.16. The molecule has 3 nitrogen and oxygen atoms in total. The van der Waals surface area contributed by atoms with Gasteiger partial charge in [-0.05, 0) is 36.6 Å². The van der Waals surface area contributed by atoms with Gasteiger partial charge >= 0.3 is 0 Å². The van der Waals surface area contributed by atoms with Crippen molar-refractivity contribution in [3.05, 3.63) is 48.0 Å². The molecule has 0 radical (unpaired) electrons. The lowest BCUT2D eigenvalue weighted by molar-refractivity contribution is 0.319. The van der Waals surface area contributed by atoms with Gasteiger partial charge in [-0.3, -0.25) is 0 Å². The van der Waals surface area contributed by atoms with Crippen LogP contribution in [0.15, 0.2) is 42.5 Å². The summed E-state index contributed by atoms with van der Waals surface area (Å²) in [5.41, 5.74) is 10.1. The highest BCUT2D eigenvalue weighted by Gasteiger charge is 2.07. The van der Waals surface area contributed by atoms with E-state index < -0.39 is 0 Å². The standard InChI is InChI=1S/C17H22N2O/c1-3-12-20-16-11-7-10-15(17(16)18)19-14-9-6-5-8-13(14)4-2/h5-11,19H,3-4,12,18H2,1-2H3. The summed E-state index contributed by atoms with van der Waals surface area (Å²) in [4.78, 5) is 0. The quantitative estimate of drug-likeness (QED) is 0.766. The Balaban J connectivity index is 2.25. The number of benzene rings is 2. The predicted molar refractivity (Wildman–Crippen MR) is 85.7 cm³/mol. The first kappa shape index (κ1) is 14.3.